The minimum atomic E-state index is -0.168. The fraction of sp³-hybridized carbons (Fsp3) is 0.238. The molecular formula is C21H21N3O4S. The van der Waals surface area contributed by atoms with Crippen LogP contribution in [-0.4, -0.2) is 36.6 Å². The van der Waals surface area contributed by atoms with Gasteiger partial charge in [0, 0.05) is 40.7 Å². The van der Waals surface area contributed by atoms with Crippen molar-refractivity contribution in [2.45, 2.75) is 12.8 Å². The molecule has 4 rings (SSSR count). The summed E-state index contributed by atoms with van der Waals surface area (Å²) in [6.07, 6.45) is 4.81. The molecule has 3 heterocycles. The van der Waals surface area contributed by atoms with Crippen molar-refractivity contribution < 1.29 is 18.7 Å². The van der Waals surface area contributed by atoms with E-state index in [1.54, 1.807) is 32.1 Å². The second-order valence-corrected chi connectivity index (χ2v) is 7.35. The number of fused-ring (bicyclic) bond motifs is 1. The molecule has 1 amide bonds. The first-order valence-corrected chi connectivity index (χ1v) is 10.1. The van der Waals surface area contributed by atoms with Crippen LogP contribution in [0.15, 0.2) is 46.6 Å². The summed E-state index contributed by atoms with van der Waals surface area (Å²) >= 11 is 1.42. The number of aryl methyl sites for hydroxylation is 1. The minimum Gasteiger partial charge on any atom is -0.497 e. The number of rotatable bonds is 8. The van der Waals surface area contributed by atoms with Gasteiger partial charge in [0.2, 0.25) is 0 Å². The number of furan rings is 1. The maximum absolute atomic E-state index is 12.3. The number of carbonyl (C=O) groups excluding carboxylic acids is 1. The highest BCUT2D eigenvalue weighted by molar-refractivity contribution is 7.13. The highest BCUT2D eigenvalue weighted by Crippen LogP contribution is 2.31. The molecule has 150 valence electrons. The minimum absolute atomic E-state index is 0.168. The highest BCUT2D eigenvalue weighted by Gasteiger charge is 2.13. The predicted octanol–water partition coefficient (Wildman–Crippen LogP) is 4.26. The van der Waals surface area contributed by atoms with E-state index in [1.165, 1.54) is 11.3 Å². The van der Waals surface area contributed by atoms with Gasteiger partial charge in [-0.05, 0) is 25.0 Å². The smallest absolute Gasteiger partial charge is 0.270 e. The van der Waals surface area contributed by atoms with E-state index in [-0.39, 0.29) is 5.91 Å². The molecular weight excluding hydrogens is 390 g/mol. The Bertz CT molecular complexity index is 1110. The SMILES string of the molecule is COc1cc(OC)c2cc(CCCNC(=O)c3csc(-c4ccoc4)n3)[nH]c2c1. The quantitative estimate of drug-likeness (QED) is 0.423. The van der Waals surface area contributed by atoms with Crippen LogP contribution in [0.3, 0.4) is 0 Å². The van der Waals surface area contributed by atoms with Crippen molar-refractivity contribution in [1.29, 1.82) is 0 Å². The van der Waals surface area contributed by atoms with Gasteiger partial charge in [-0.1, -0.05) is 0 Å². The first kappa shape index (κ1) is 19.1. The van der Waals surface area contributed by atoms with Gasteiger partial charge in [0.05, 0.1) is 26.0 Å². The Balaban J connectivity index is 1.33. The fourth-order valence-corrected chi connectivity index (χ4v) is 3.91. The van der Waals surface area contributed by atoms with Crippen molar-refractivity contribution in [3.8, 4) is 22.1 Å². The molecule has 0 bridgehead atoms. The summed E-state index contributed by atoms with van der Waals surface area (Å²) in [5, 5.41) is 6.47. The van der Waals surface area contributed by atoms with Gasteiger partial charge in [0.15, 0.2) is 0 Å². The second kappa shape index (κ2) is 8.40. The van der Waals surface area contributed by atoms with Gasteiger partial charge in [-0.3, -0.25) is 4.79 Å². The van der Waals surface area contributed by atoms with Gasteiger partial charge in [-0.15, -0.1) is 11.3 Å². The zero-order valence-electron chi connectivity index (χ0n) is 16.2. The third-order valence-electron chi connectivity index (χ3n) is 4.60. The molecule has 1 aromatic carbocycles. The molecule has 0 fully saturated rings. The Morgan fingerprint density at radius 3 is 2.93 bits per heavy atom. The molecule has 0 atom stereocenters. The number of aromatic nitrogens is 2. The van der Waals surface area contributed by atoms with Crippen molar-refractivity contribution in [3.05, 3.63) is 53.6 Å². The Morgan fingerprint density at radius 2 is 2.17 bits per heavy atom. The number of H-pyrrole nitrogens is 1. The topological polar surface area (TPSA) is 89.4 Å². The number of amides is 1. The average molecular weight is 411 g/mol. The third kappa shape index (κ3) is 4.12. The molecule has 3 aromatic heterocycles. The van der Waals surface area contributed by atoms with Crippen LogP contribution in [0.5, 0.6) is 11.5 Å². The van der Waals surface area contributed by atoms with Crippen molar-refractivity contribution >= 4 is 28.1 Å². The zero-order chi connectivity index (χ0) is 20.2. The molecule has 8 heteroatoms. The molecule has 0 aliphatic rings. The zero-order valence-corrected chi connectivity index (χ0v) is 17.0. The summed E-state index contributed by atoms with van der Waals surface area (Å²) in [5.41, 5.74) is 3.35. The highest BCUT2D eigenvalue weighted by atomic mass is 32.1. The Labute approximate surface area is 171 Å². The van der Waals surface area contributed by atoms with E-state index >= 15 is 0 Å². The summed E-state index contributed by atoms with van der Waals surface area (Å²) in [6, 6.07) is 7.72. The number of methoxy groups -OCH3 is 2. The summed E-state index contributed by atoms with van der Waals surface area (Å²) in [5.74, 6) is 1.35. The third-order valence-corrected chi connectivity index (χ3v) is 5.49. The maximum Gasteiger partial charge on any atom is 0.270 e. The van der Waals surface area contributed by atoms with Crippen molar-refractivity contribution in [1.82, 2.24) is 15.3 Å². The lowest BCUT2D eigenvalue weighted by Gasteiger charge is -2.04. The first-order chi connectivity index (χ1) is 14.2. The number of benzene rings is 1. The predicted molar refractivity (Wildman–Crippen MR) is 112 cm³/mol. The number of hydrogen-bond donors (Lipinski definition) is 2. The van der Waals surface area contributed by atoms with Crippen molar-refractivity contribution in [2.75, 3.05) is 20.8 Å². The molecule has 0 radical (unpaired) electrons. The van der Waals surface area contributed by atoms with E-state index < -0.39 is 0 Å². The molecule has 7 nitrogen and oxygen atoms in total. The van der Waals surface area contributed by atoms with Crippen LogP contribution in [0.4, 0.5) is 0 Å². The largest absolute Gasteiger partial charge is 0.497 e. The number of carbonyl (C=O) groups is 1. The number of hydrogen-bond acceptors (Lipinski definition) is 6. The molecule has 0 saturated heterocycles. The van der Waals surface area contributed by atoms with E-state index in [4.69, 9.17) is 13.9 Å². The summed E-state index contributed by atoms with van der Waals surface area (Å²) < 4.78 is 15.8. The molecule has 0 aliphatic heterocycles. The van der Waals surface area contributed by atoms with Crippen LogP contribution < -0.4 is 14.8 Å². The van der Waals surface area contributed by atoms with Gasteiger partial charge in [0.25, 0.3) is 5.91 Å². The van der Waals surface area contributed by atoms with Crippen LogP contribution in [0.2, 0.25) is 0 Å². The van der Waals surface area contributed by atoms with E-state index in [2.05, 4.69) is 21.4 Å². The van der Waals surface area contributed by atoms with E-state index in [9.17, 15) is 4.79 Å². The Hall–Kier alpha value is -3.26. The lowest BCUT2D eigenvalue weighted by atomic mass is 10.2. The summed E-state index contributed by atoms with van der Waals surface area (Å²) in [6.45, 7) is 0.563. The Kier molecular flexibility index (Phi) is 5.53. The summed E-state index contributed by atoms with van der Waals surface area (Å²) in [4.78, 5) is 20.1. The lowest BCUT2D eigenvalue weighted by Crippen LogP contribution is -2.25. The number of nitrogens with one attached hydrogen (secondary N) is 2. The molecule has 4 aromatic rings. The van der Waals surface area contributed by atoms with Crippen LogP contribution in [0.25, 0.3) is 21.5 Å². The standard InChI is InChI=1S/C21H21N3O4S/c1-26-15-9-17-16(19(10-15)27-2)8-14(23-17)4-3-6-22-20(25)18-12-29-21(24-18)13-5-7-28-11-13/h5,7-12,23H,3-4,6H2,1-2H3,(H,22,25). The van der Waals surface area contributed by atoms with Gasteiger partial charge < -0.3 is 24.2 Å². The number of nitrogens with zero attached hydrogens (tertiary/aromatic N) is 1. The van der Waals surface area contributed by atoms with Crippen molar-refractivity contribution in [3.63, 3.8) is 0 Å². The van der Waals surface area contributed by atoms with Gasteiger partial charge >= 0.3 is 0 Å². The van der Waals surface area contributed by atoms with E-state index in [1.807, 2.05) is 18.2 Å². The Morgan fingerprint density at radius 1 is 1.28 bits per heavy atom. The molecule has 0 unspecified atom stereocenters. The molecule has 29 heavy (non-hydrogen) atoms. The summed E-state index contributed by atoms with van der Waals surface area (Å²) in [7, 11) is 3.28. The van der Waals surface area contributed by atoms with Crippen LogP contribution in [0.1, 0.15) is 22.6 Å². The lowest BCUT2D eigenvalue weighted by molar-refractivity contribution is 0.0949. The van der Waals surface area contributed by atoms with Gasteiger partial charge in [0.1, 0.15) is 28.5 Å². The number of ether oxygens (including phenoxy) is 2. The number of aromatic amines is 1. The van der Waals surface area contributed by atoms with E-state index in [0.29, 0.717) is 12.2 Å². The first-order valence-electron chi connectivity index (χ1n) is 9.18. The van der Waals surface area contributed by atoms with Crippen LogP contribution in [0, 0.1) is 0 Å². The molecule has 0 aliphatic carbocycles. The molecule has 0 spiro atoms. The normalized spacial score (nSPS) is 11.0. The maximum atomic E-state index is 12.3. The molecule has 0 saturated carbocycles. The van der Waals surface area contributed by atoms with Gasteiger partial charge in [-0.2, -0.15) is 0 Å². The average Bonchev–Trinajstić information content (AvgIpc) is 3.49. The second-order valence-electron chi connectivity index (χ2n) is 6.49. The van der Waals surface area contributed by atoms with Crippen molar-refractivity contribution in [2.24, 2.45) is 0 Å². The van der Waals surface area contributed by atoms with Crippen LogP contribution >= 0.6 is 11.3 Å². The van der Waals surface area contributed by atoms with Crippen LogP contribution in [-0.2, 0) is 6.42 Å². The number of thiazole rings is 1. The van der Waals surface area contributed by atoms with Gasteiger partial charge in [-0.25, -0.2) is 4.98 Å². The van der Waals surface area contributed by atoms with E-state index in [0.717, 1.165) is 51.5 Å². The molecule has 2 N–H and O–H groups in total. The fourth-order valence-electron chi connectivity index (χ4n) is 3.13. The monoisotopic (exact) mass is 411 g/mol.